The molecule has 0 bridgehead atoms. The predicted molar refractivity (Wildman–Crippen MR) is 92.8 cm³/mol. The number of likely N-dealkylation sites (tertiary alicyclic amines) is 1. The zero-order valence-corrected chi connectivity index (χ0v) is 14.2. The predicted octanol–water partition coefficient (Wildman–Crippen LogP) is 1.66. The Kier molecular flexibility index (Phi) is 6.10. The summed E-state index contributed by atoms with van der Waals surface area (Å²) in [7, 11) is 0. The molecule has 2 fully saturated rings. The lowest BCUT2D eigenvalue weighted by atomic mass is 9.97. The standard InChI is InChI=1S/C19H28N2O3/c22-17(14-24-18-6-2-1-3-7-18)13-21-10-4-5-16(12-21)19(23)20-11-15-8-9-15/h1-3,6-7,15-17,22H,4-5,8-14H2,(H,20,23). The van der Waals surface area contributed by atoms with Gasteiger partial charge < -0.3 is 15.2 Å². The maximum atomic E-state index is 12.2. The molecule has 5 heteroatoms. The Bertz CT molecular complexity index is 519. The van der Waals surface area contributed by atoms with Gasteiger partial charge in [-0.3, -0.25) is 9.69 Å². The molecule has 0 radical (unpaired) electrons. The third-order valence-electron chi connectivity index (χ3n) is 4.79. The molecule has 2 atom stereocenters. The molecule has 1 aliphatic carbocycles. The highest BCUT2D eigenvalue weighted by Crippen LogP contribution is 2.28. The first-order valence-electron chi connectivity index (χ1n) is 9.06. The van der Waals surface area contributed by atoms with Crippen molar-refractivity contribution in [3.63, 3.8) is 0 Å². The zero-order chi connectivity index (χ0) is 16.8. The summed E-state index contributed by atoms with van der Waals surface area (Å²) in [5, 5.41) is 13.3. The number of carbonyl (C=O) groups is 1. The van der Waals surface area contributed by atoms with Crippen molar-refractivity contribution in [2.24, 2.45) is 11.8 Å². The van der Waals surface area contributed by atoms with Crippen LogP contribution in [-0.2, 0) is 4.79 Å². The van der Waals surface area contributed by atoms with E-state index in [2.05, 4.69) is 10.2 Å². The Balaban J connectivity index is 1.38. The van der Waals surface area contributed by atoms with Crippen LogP contribution in [0.25, 0.3) is 0 Å². The number of benzene rings is 1. The lowest BCUT2D eigenvalue weighted by molar-refractivity contribution is -0.127. The number of hydrogen-bond donors (Lipinski definition) is 2. The van der Waals surface area contributed by atoms with E-state index in [1.165, 1.54) is 12.8 Å². The Morgan fingerprint density at radius 2 is 2.08 bits per heavy atom. The number of aliphatic hydroxyl groups is 1. The molecule has 1 heterocycles. The summed E-state index contributed by atoms with van der Waals surface area (Å²) in [4.78, 5) is 14.4. The fourth-order valence-electron chi connectivity index (χ4n) is 3.21. The topological polar surface area (TPSA) is 61.8 Å². The van der Waals surface area contributed by atoms with Crippen molar-refractivity contribution in [3.8, 4) is 5.75 Å². The summed E-state index contributed by atoms with van der Waals surface area (Å²) in [5.74, 6) is 1.72. The summed E-state index contributed by atoms with van der Waals surface area (Å²) < 4.78 is 5.60. The molecule has 24 heavy (non-hydrogen) atoms. The fraction of sp³-hybridized carbons (Fsp3) is 0.632. The lowest BCUT2D eigenvalue weighted by Crippen LogP contribution is -2.46. The van der Waals surface area contributed by atoms with Crippen LogP contribution in [0.5, 0.6) is 5.75 Å². The van der Waals surface area contributed by atoms with Gasteiger partial charge in [-0.1, -0.05) is 18.2 Å². The van der Waals surface area contributed by atoms with Crippen LogP contribution in [-0.4, -0.2) is 54.8 Å². The van der Waals surface area contributed by atoms with Crippen LogP contribution in [0.2, 0.25) is 0 Å². The molecule has 2 aliphatic rings. The highest BCUT2D eigenvalue weighted by molar-refractivity contribution is 5.79. The van der Waals surface area contributed by atoms with E-state index in [9.17, 15) is 9.90 Å². The number of para-hydroxylation sites is 1. The van der Waals surface area contributed by atoms with E-state index in [1.54, 1.807) is 0 Å². The molecular formula is C19H28N2O3. The molecule has 1 saturated heterocycles. The second kappa shape index (κ2) is 8.49. The first-order chi connectivity index (χ1) is 11.7. The van der Waals surface area contributed by atoms with Gasteiger partial charge in [0, 0.05) is 19.6 Å². The van der Waals surface area contributed by atoms with Crippen molar-refractivity contribution >= 4 is 5.91 Å². The summed E-state index contributed by atoms with van der Waals surface area (Å²) >= 11 is 0. The monoisotopic (exact) mass is 332 g/mol. The lowest BCUT2D eigenvalue weighted by Gasteiger charge is -2.33. The largest absolute Gasteiger partial charge is 0.491 e. The van der Waals surface area contributed by atoms with Crippen LogP contribution in [0, 0.1) is 11.8 Å². The molecule has 0 spiro atoms. The number of rotatable bonds is 8. The molecule has 0 aromatic heterocycles. The minimum Gasteiger partial charge on any atom is -0.491 e. The molecule has 2 unspecified atom stereocenters. The second-order valence-electron chi connectivity index (χ2n) is 7.07. The van der Waals surface area contributed by atoms with Gasteiger partial charge in [0.1, 0.15) is 18.5 Å². The normalized spacial score (nSPS) is 22.8. The molecule has 1 aromatic rings. The van der Waals surface area contributed by atoms with Gasteiger partial charge in [-0.05, 0) is 50.3 Å². The molecular weight excluding hydrogens is 304 g/mol. The molecule has 1 amide bonds. The van der Waals surface area contributed by atoms with Gasteiger partial charge >= 0.3 is 0 Å². The van der Waals surface area contributed by atoms with Crippen LogP contribution < -0.4 is 10.1 Å². The molecule has 1 aromatic carbocycles. The molecule has 3 rings (SSSR count). The minimum absolute atomic E-state index is 0.0553. The Hall–Kier alpha value is -1.59. The van der Waals surface area contributed by atoms with Crippen molar-refractivity contribution in [1.29, 1.82) is 0 Å². The van der Waals surface area contributed by atoms with Gasteiger partial charge in [0.2, 0.25) is 5.91 Å². The number of nitrogens with one attached hydrogen (secondary N) is 1. The minimum atomic E-state index is -0.543. The average Bonchev–Trinajstić information content (AvgIpc) is 3.43. The van der Waals surface area contributed by atoms with Crippen LogP contribution in [0.15, 0.2) is 30.3 Å². The molecule has 5 nitrogen and oxygen atoms in total. The Morgan fingerprint density at radius 3 is 2.83 bits per heavy atom. The number of piperidine rings is 1. The van der Waals surface area contributed by atoms with Gasteiger partial charge in [-0.25, -0.2) is 0 Å². The van der Waals surface area contributed by atoms with E-state index < -0.39 is 6.10 Å². The van der Waals surface area contributed by atoms with Gasteiger partial charge in [0.05, 0.1) is 5.92 Å². The van der Waals surface area contributed by atoms with E-state index in [0.717, 1.165) is 38.2 Å². The zero-order valence-electron chi connectivity index (χ0n) is 14.2. The summed E-state index contributed by atoms with van der Waals surface area (Å²) in [6.07, 6.45) is 3.92. The number of aliphatic hydroxyl groups excluding tert-OH is 1. The van der Waals surface area contributed by atoms with Gasteiger partial charge in [0.15, 0.2) is 0 Å². The van der Waals surface area contributed by atoms with E-state index >= 15 is 0 Å². The average molecular weight is 332 g/mol. The van der Waals surface area contributed by atoms with E-state index in [4.69, 9.17) is 4.74 Å². The highest BCUT2D eigenvalue weighted by Gasteiger charge is 2.28. The summed E-state index contributed by atoms with van der Waals surface area (Å²) in [6, 6.07) is 9.53. The third-order valence-corrected chi connectivity index (χ3v) is 4.79. The van der Waals surface area contributed by atoms with Crippen LogP contribution >= 0.6 is 0 Å². The van der Waals surface area contributed by atoms with Crippen LogP contribution in [0.1, 0.15) is 25.7 Å². The number of amides is 1. The van der Waals surface area contributed by atoms with Crippen molar-refractivity contribution in [3.05, 3.63) is 30.3 Å². The van der Waals surface area contributed by atoms with E-state index in [0.29, 0.717) is 12.5 Å². The second-order valence-corrected chi connectivity index (χ2v) is 7.07. The maximum absolute atomic E-state index is 12.2. The first-order valence-corrected chi connectivity index (χ1v) is 9.06. The maximum Gasteiger partial charge on any atom is 0.224 e. The number of ether oxygens (including phenoxy) is 1. The number of carbonyl (C=O) groups excluding carboxylic acids is 1. The third kappa shape index (κ3) is 5.49. The molecule has 1 aliphatic heterocycles. The number of β-amino-alcohol motifs (C(OH)–C–C–N with tert-alkyl or cyclic N) is 1. The Labute approximate surface area is 144 Å². The van der Waals surface area contributed by atoms with Crippen LogP contribution in [0.3, 0.4) is 0 Å². The van der Waals surface area contributed by atoms with E-state index in [-0.39, 0.29) is 18.4 Å². The fourth-order valence-corrected chi connectivity index (χ4v) is 3.21. The highest BCUT2D eigenvalue weighted by atomic mass is 16.5. The molecule has 132 valence electrons. The van der Waals surface area contributed by atoms with Crippen molar-refractivity contribution in [2.45, 2.75) is 31.8 Å². The van der Waals surface area contributed by atoms with Crippen molar-refractivity contribution < 1.29 is 14.6 Å². The number of hydrogen-bond acceptors (Lipinski definition) is 4. The quantitative estimate of drug-likeness (QED) is 0.760. The molecule has 1 saturated carbocycles. The van der Waals surface area contributed by atoms with E-state index in [1.807, 2.05) is 30.3 Å². The van der Waals surface area contributed by atoms with Crippen molar-refractivity contribution in [1.82, 2.24) is 10.2 Å². The van der Waals surface area contributed by atoms with Crippen molar-refractivity contribution in [2.75, 3.05) is 32.8 Å². The van der Waals surface area contributed by atoms with Gasteiger partial charge in [-0.2, -0.15) is 0 Å². The smallest absolute Gasteiger partial charge is 0.224 e. The van der Waals surface area contributed by atoms with Gasteiger partial charge in [0.25, 0.3) is 0 Å². The first kappa shape index (κ1) is 17.2. The van der Waals surface area contributed by atoms with Crippen LogP contribution in [0.4, 0.5) is 0 Å². The Morgan fingerprint density at radius 1 is 1.29 bits per heavy atom. The molecule has 2 N–H and O–H groups in total. The number of nitrogens with zero attached hydrogens (tertiary/aromatic N) is 1. The summed E-state index contributed by atoms with van der Waals surface area (Å²) in [6.45, 7) is 3.34. The SMILES string of the molecule is O=C(NCC1CC1)C1CCCN(CC(O)COc2ccccc2)C1. The summed E-state index contributed by atoms with van der Waals surface area (Å²) in [5.41, 5.74) is 0. The van der Waals surface area contributed by atoms with Gasteiger partial charge in [-0.15, -0.1) is 0 Å².